The summed E-state index contributed by atoms with van der Waals surface area (Å²) >= 11 is 0. The minimum atomic E-state index is -0.471. The van der Waals surface area contributed by atoms with Crippen molar-refractivity contribution in [3.63, 3.8) is 0 Å². The summed E-state index contributed by atoms with van der Waals surface area (Å²) < 4.78 is 5.90. The van der Waals surface area contributed by atoms with Crippen molar-refractivity contribution >= 4 is 5.91 Å². The average molecular weight is 592 g/mol. The van der Waals surface area contributed by atoms with E-state index in [1.54, 1.807) is 6.08 Å². The summed E-state index contributed by atoms with van der Waals surface area (Å²) in [6, 6.07) is 0.0720. The SMILES string of the molecule is C#CC(C=C)CN1CCOC(C(=O)N(CC2=CC=C(CCCCCCC)C(C)=C=C2)C(C)C)C1.C1=CCNCC1.CCC. The second kappa shape index (κ2) is 23.8. The van der Waals surface area contributed by atoms with Crippen LogP contribution < -0.4 is 5.32 Å². The van der Waals surface area contributed by atoms with Gasteiger partial charge in [-0.3, -0.25) is 9.69 Å². The molecule has 3 rings (SSSR count). The predicted octanol–water partition coefficient (Wildman–Crippen LogP) is 7.64. The van der Waals surface area contributed by atoms with E-state index in [9.17, 15) is 4.79 Å². The predicted molar refractivity (Wildman–Crippen MR) is 185 cm³/mol. The Morgan fingerprint density at radius 2 is 1.98 bits per heavy atom. The highest BCUT2D eigenvalue weighted by molar-refractivity contribution is 5.82. The molecule has 2 unspecified atom stereocenters. The standard InChI is InChI=1S/C30H44N2O2.C5H9N.C3H8/c1-7-10-11-12-13-14-28-18-17-27(16-15-25(28)6)22-32(24(4)5)30(33)29-23-31(19-20-34-29)21-26(8-2)9-3;1-2-4-6-5-3-1;1-3-2/h2,9,16-18,24,26,29H,3,7,10-14,19-23H2,1,4-6H3;1-2,6H,3-5H2;3H2,1-2H3. The van der Waals surface area contributed by atoms with Crippen LogP contribution in [0.4, 0.5) is 0 Å². The highest BCUT2D eigenvalue weighted by Gasteiger charge is 2.32. The maximum absolute atomic E-state index is 13.5. The van der Waals surface area contributed by atoms with E-state index in [1.807, 2.05) is 11.0 Å². The van der Waals surface area contributed by atoms with Gasteiger partial charge in [-0.15, -0.1) is 18.7 Å². The summed E-state index contributed by atoms with van der Waals surface area (Å²) in [5.41, 5.74) is 7.09. The van der Waals surface area contributed by atoms with E-state index in [2.05, 4.69) is 94.3 Å². The lowest BCUT2D eigenvalue weighted by Crippen LogP contribution is -2.53. The number of terminal acetylenes is 1. The first-order valence-corrected chi connectivity index (χ1v) is 16.7. The zero-order valence-corrected chi connectivity index (χ0v) is 28.3. The number of hydrogen-bond donors (Lipinski definition) is 1. The second-order valence-electron chi connectivity index (χ2n) is 11.9. The van der Waals surface area contributed by atoms with E-state index in [0.29, 0.717) is 26.2 Å². The molecule has 2 heterocycles. The Kier molecular flexibility index (Phi) is 21.3. The van der Waals surface area contributed by atoms with Crippen molar-refractivity contribution in [2.45, 2.75) is 105 Å². The molecule has 1 fully saturated rings. The fraction of sp³-hybridized carbons (Fsp3) is 0.632. The molecule has 1 aliphatic carbocycles. The van der Waals surface area contributed by atoms with E-state index in [1.165, 1.54) is 56.1 Å². The fourth-order valence-electron chi connectivity index (χ4n) is 4.92. The van der Waals surface area contributed by atoms with Crippen LogP contribution in [0.1, 0.15) is 92.9 Å². The third-order valence-corrected chi connectivity index (χ3v) is 7.56. The van der Waals surface area contributed by atoms with Gasteiger partial charge in [-0.25, -0.2) is 0 Å². The zero-order valence-electron chi connectivity index (χ0n) is 28.3. The normalized spacial score (nSPS) is 18.8. The largest absolute Gasteiger partial charge is 0.366 e. The van der Waals surface area contributed by atoms with Crippen LogP contribution in [-0.4, -0.2) is 73.7 Å². The van der Waals surface area contributed by atoms with Gasteiger partial charge in [-0.1, -0.05) is 89.2 Å². The van der Waals surface area contributed by atoms with Gasteiger partial charge >= 0.3 is 0 Å². The van der Waals surface area contributed by atoms with Crippen LogP contribution in [0.2, 0.25) is 0 Å². The van der Waals surface area contributed by atoms with Crippen molar-refractivity contribution in [1.29, 1.82) is 0 Å². The first-order chi connectivity index (χ1) is 20.8. The highest BCUT2D eigenvalue weighted by atomic mass is 16.5. The zero-order chi connectivity index (χ0) is 31.9. The Hall–Kier alpha value is -2.61. The molecule has 0 bridgehead atoms. The molecule has 1 amide bonds. The quantitative estimate of drug-likeness (QED) is 0.103. The molecule has 3 aliphatic rings. The first kappa shape index (κ1) is 38.4. The van der Waals surface area contributed by atoms with Gasteiger partial charge in [0.1, 0.15) is 6.10 Å². The van der Waals surface area contributed by atoms with Gasteiger partial charge in [0, 0.05) is 38.8 Å². The van der Waals surface area contributed by atoms with Crippen LogP contribution in [-0.2, 0) is 9.53 Å². The minimum absolute atomic E-state index is 0.0148. The van der Waals surface area contributed by atoms with Gasteiger partial charge < -0.3 is 15.0 Å². The van der Waals surface area contributed by atoms with Crippen LogP contribution >= 0.6 is 0 Å². The lowest BCUT2D eigenvalue weighted by Gasteiger charge is -2.37. The van der Waals surface area contributed by atoms with E-state index in [4.69, 9.17) is 11.2 Å². The van der Waals surface area contributed by atoms with Crippen LogP contribution in [0.25, 0.3) is 0 Å². The summed E-state index contributed by atoms with van der Waals surface area (Å²) in [5, 5.41) is 3.20. The van der Waals surface area contributed by atoms with Crippen LogP contribution in [0.15, 0.2) is 65.5 Å². The van der Waals surface area contributed by atoms with Gasteiger partial charge in [-0.05, 0) is 69.4 Å². The van der Waals surface area contributed by atoms with Gasteiger partial charge in [0.2, 0.25) is 0 Å². The van der Waals surface area contributed by atoms with Crippen molar-refractivity contribution < 1.29 is 9.53 Å². The monoisotopic (exact) mass is 591 g/mol. The minimum Gasteiger partial charge on any atom is -0.366 e. The Balaban J connectivity index is 0.000000882. The summed E-state index contributed by atoms with van der Waals surface area (Å²) in [6.07, 6.45) is 27.6. The molecule has 5 nitrogen and oxygen atoms in total. The molecule has 240 valence electrons. The lowest BCUT2D eigenvalue weighted by atomic mass is 10.0. The third kappa shape index (κ3) is 16.2. The number of unbranched alkanes of at least 4 members (excludes halogenated alkanes) is 4. The molecule has 0 saturated carbocycles. The Morgan fingerprint density at radius 3 is 2.53 bits per heavy atom. The third-order valence-electron chi connectivity index (χ3n) is 7.56. The molecular weight excluding hydrogens is 530 g/mol. The number of carbonyl (C=O) groups is 1. The fourth-order valence-corrected chi connectivity index (χ4v) is 4.92. The van der Waals surface area contributed by atoms with Crippen molar-refractivity contribution in [3.8, 4) is 12.3 Å². The summed E-state index contributed by atoms with van der Waals surface area (Å²) in [7, 11) is 0. The molecule has 2 atom stereocenters. The molecule has 5 heteroatoms. The molecule has 0 aromatic heterocycles. The van der Waals surface area contributed by atoms with E-state index < -0.39 is 6.10 Å². The number of nitrogens with one attached hydrogen (secondary N) is 1. The maximum atomic E-state index is 13.5. The molecule has 0 spiro atoms. The summed E-state index contributed by atoms with van der Waals surface area (Å²) in [4.78, 5) is 17.6. The average Bonchev–Trinajstić information content (AvgIpc) is 3.20. The van der Waals surface area contributed by atoms with E-state index in [0.717, 1.165) is 31.6 Å². The lowest BCUT2D eigenvalue weighted by molar-refractivity contribution is -0.150. The van der Waals surface area contributed by atoms with Gasteiger partial charge in [0.05, 0.1) is 12.5 Å². The number of allylic oxidation sites excluding steroid dienone is 3. The van der Waals surface area contributed by atoms with E-state index >= 15 is 0 Å². The number of hydrogen-bond acceptors (Lipinski definition) is 4. The van der Waals surface area contributed by atoms with Crippen molar-refractivity contribution in [3.05, 3.63) is 65.5 Å². The Labute approximate surface area is 264 Å². The first-order valence-electron chi connectivity index (χ1n) is 16.7. The Morgan fingerprint density at radius 1 is 1.23 bits per heavy atom. The van der Waals surface area contributed by atoms with E-state index in [-0.39, 0.29) is 17.9 Å². The topological polar surface area (TPSA) is 44.8 Å². The van der Waals surface area contributed by atoms with Crippen molar-refractivity contribution in [2.24, 2.45) is 5.92 Å². The number of carbonyl (C=O) groups excluding carboxylic acids is 1. The van der Waals surface area contributed by atoms with Crippen LogP contribution in [0.3, 0.4) is 0 Å². The molecule has 0 aromatic carbocycles. The van der Waals surface area contributed by atoms with Crippen LogP contribution in [0, 0.1) is 18.3 Å². The molecule has 2 aliphatic heterocycles. The smallest absolute Gasteiger partial charge is 0.253 e. The number of amides is 1. The molecular formula is C38H61N3O2. The molecule has 1 saturated heterocycles. The van der Waals surface area contributed by atoms with Crippen LogP contribution in [0.5, 0.6) is 0 Å². The second-order valence-corrected chi connectivity index (χ2v) is 11.9. The van der Waals surface area contributed by atoms with Gasteiger partial charge in [0.25, 0.3) is 5.91 Å². The highest BCUT2D eigenvalue weighted by Crippen LogP contribution is 2.22. The number of nitrogens with zero attached hydrogens (tertiary/aromatic N) is 2. The summed E-state index contributed by atoms with van der Waals surface area (Å²) in [6.45, 7) is 21.9. The Bertz CT molecular complexity index is 999. The summed E-state index contributed by atoms with van der Waals surface area (Å²) in [5.74, 6) is 2.77. The number of rotatable bonds is 13. The van der Waals surface area contributed by atoms with Gasteiger partial charge in [0.15, 0.2) is 0 Å². The molecule has 0 aromatic rings. The molecule has 0 radical (unpaired) electrons. The van der Waals surface area contributed by atoms with Crippen molar-refractivity contribution in [1.82, 2.24) is 15.1 Å². The maximum Gasteiger partial charge on any atom is 0.253 e. The molecule has 43 heavy (non-hydrogen) atoms. The number of morpholine rings is 1. The van der Waals surface area contributed by atoms with Gasteiger partial charge in [-0.2, -0.15) is 0 Å². The molecule has 1 N–H and O–H groups in total. The van der Waals surface area contributed by atoms with Crippen molar-refractivity contribution in [2.75, 3.05) is 45.9 Å². The number of ether oxygens (including phenoxy) is 1.